The van der Waals surface area contributed by atoms with Crippen LogP contribution in [0.5, 0.6) is 11.5 Å². The summed E-state index contributed by atoms with van der Waals surface area (Å²) in [5.41, 5.74) is 1.09. The van der Waals surface area contributed by atoms with Crippen molar-refractivity contribution in [3.8, 4) is 11.5 Å². The standard InChI is InChI=1S/C25H30N2O6/c1-4-5-15-33-19-8-7-18(16-20(19)32-3)22-21(23(28)17-9-11-26-12-10-17)24(29)25(30)27(22)13-6-14-31-2/h7-12,16,22,28H,4-6,13-15H2,1-3H3. The van der Waals surface area contributed by atoms with E-state index in [1.165, 1.54) is 24.4 Å². The number of benzene rings is 1. The molecule has 0 aliphatic carbocycles. The molecule has 1 N–H and O–H groups in total. The molecule has 1 atom stereocenters. The van der Waals surface area contributed by atoms with Crippen molar-refractivity contribution in [2.45, 2.75) is 32.2 Å². The predicted octanol–water partition coefficient (Wildman–Crippen LogP) is 3.73. The van der Waals surface area contributed by atoms with Crippen molar-refractivity contribution in [3.05, 3.63) is 59.4 Å². The molecule has 0 bridgehead atoms. The first-order valence-corrected chi connectivity index (χ1v) is 11.0. The molecular weight excluding hydrogens is 424 g/mol. The molecule has 1 aromatic carbocycles. The highest BCUT2D eigenvalue weighted by Gasteiger charge is 2.46. The normalized spacial score (nSPS) is 17.4. The fraction of sp³-hybridized carbons (Fsp3) is 0.400. The van der Waals surface area contributed by atoms with Gasteiger partial charge in [0.1, 0.15) is 5.76 Å². The minimum absolute atomic E-state index is 0.0327. The number of ether oxygens (including phenoxy) is 3. The van der Waals surface area contributed by atoms with Crippen molar-refractivity contribution in [2.75, 3.05) is 34.0 Å². The van der Waals surface area contributed by atoms with Crippen LogP contribution in [-0.4, -0.2) is 60.7 Å². The van der Waals surface area contributed by atoms with Gasteiger partial charge < -0.3 is 24.2 Å². The fourth-order valence-electron chi connectivity index (χ4n) is 3.80. The Bertz CT molecular complexity index is 1010. The second-order valence-corrected chi connectivity index (χ2v) is 7.69. The first-order valence-electron chi connectivity index (χ1n) is 11.0. The van der Waals surface area contributed by atoms with E-state index in [1.54, 1.807) is 37.4 Å². The zero-order valence-corrected chi connectivity index (χ0v) is 19.2. The number of rotatable bonds is 11. The van der Waals surface area contributed by atoms with Gasteiger partial charge in [-0.25, -0.2) is 0 Å². The minimum atomic E-state index is -0.770. The zero-order chi connectivity index (χ0) is 23.8. The summed E-state index contributed by atoms with van der Waals surface area (Å²) in [4.78, 5) is 31.4. The maximum atomic E-state index is 13.0. The number of carbonyl (C=O) groups excluding carboxylic acids is 2. The zero-order valence-electron chi connectivity index (χ0n) is 19.2. The average Bonchev–Trinajstić information content (AvgIpc) is 3.09. The van der Waals surface area contributed by atoms with Gasteiger partial charge in [0, 0.05) is 38.2 Å². The van der Waals surface area contributed by atoms with E-state index >= 15 is 0 Å². The van der Waals surface area contributed by atoms with Crippen LogP contribution in [0.1, 0.15) is 43.4 Å². The Balaban J connectivity index is 2.07. The lowest BCUT2D eigenvalue weighted by molar-refractivity contribution is -0.140. The van der Waals surface area contributed by atoms with Gasteiger partial charge in [0.25, 0.3) is 11.7 Å². The Morgan fingerprint density at radius 2 is 1.82 bits per heavy atom. The van der Waals surface area contributed by atoms with Crippen LogP contribution in [0.4, 0.5) is 0 Å². The Morgan fingerprint density at radius 3 is 2.48 bits per heavy atom. The molecule has 1 unspecified atom stereocenters. The molecule has 8 nitrogen and oxygen atoms in total. The molecule has 1 fully saturated rings. The van der Waals surface area contributed by atoms with Crippen LogP contribution < -0.4 is 9.47 Å². The monoisotopic (exact) mass is 454 g/mol. The molecule has 0 radical (unpaired) electrons. The fourth-order valence-corrected chi connectivity index (χ4v) is 3.80. The van der Waals surface area contributed by atoms with E-state index in [4.69, 9.17) is 14.2 Å². The highest BCUT2D eigenvalue weighted by molar-refractivity contribution is 6.46. The van der Waals surface area contributed by atoms with Crippen molar-refractivity contribution in [1.82, 2.24) is 9.88 Å². The van der Waals surface area contributed by atoms with Crippen molar-refractivity contribution < 1.29 is 28.9 Å². The van der Waals surface area contributed by atoms with Gasteiger partial charge in [-0.05, 0) is 42.7 Å². The summed E-state index contributed by atoms with van der Waals surface area (Å²) >= 11 is 0. The minimum Gasteiger partial charge on any atom is -0.507 e. The third-order valence-corrected chi connectivity index (χ3v) is 5.50. The van der Waals surface area contributed by atoms with Crippen LogP contribution in [0.2, 0.25) is 0 Å². The second-order valence-electron chi connectivity index (χ2n) is 7.69. The molecule has 1 aromatic heterocycles. The summed E-state index contributed by atoms with van der Waals surface area (Å²) in [6.07, 6.45) is 5.50. The number of unbranched alkanes of at least 4 members (excludes halogenated alkanes) is 1. The molecule has 33 heavy (non-hydrogen) atoms. The average molecular weight is 455 g/mol. The molecule has 2 aromatic rings. The van der Waals surface area contributed by atoms with Crippen LogP contribution in [0.15, 0.2) is 48.3 Å². The number of hydrogen-bond acceptors (Lipinski definition) is 7. The summed E-state index contributed by atoms with van der Waals surface area (Å²) in [7, 11) is 3.12. The highest BCUT2D eigenvalue weighted by Crippen LogP contribution is 2.42. The number of nitrogens with zero attached hydrogens (tertiary/aromatic N) is 2. The number of Topliss-reactive ketones (excluding diaryl/α,β-unsaturated/α-hetero) is 1. The van der Waals surface area contributed by atoms with E-state index < -0.39 is 17.7 Å². The predicted molar refractivity (Wildman–Crippen MR) is 123 cm³/mol. The number of hydrogen-bond donors (Lipinski definition) is 1. The number of pyridine rings is 1. The van der Waals surface area contributed by atoms with Crippen molar-refractivity contribution in [2.24, 2.45) is 0 Å². The number of carbonyl (C=O) groups is 2. The molecule has 0 saturated carbocycles. The first kappa shape index (κ1) is 24.3. The lowest BCUT2D eigenvalue weighted by atomic mass is 9.95. The summed E-state index contributed by atoms with van der Waals surface area (Å²) < 4.78 is 16.5. The van der Waals surface area contributed by atoms with Crippen molar-refractivity contribution in [3.63, 3.8) is 0 Å². The molecule has 1 aliphatic rings. The lowest BCUT2D eigenvalue weighted by Crippen LogP contribution is -2.31. The molecule has 8 heteroatoms. The number of ketones is 1. The third kappa shape index (κ3) is 5.34. The van der Waals surface area contributed by atoms with Crippen LogP contribution in [-0.2, 0) is 14.3 Å². The third-order valence-electron chi connectivity index (χ3n) is 5.50. The van der Waals surface area contributed by atoms with E-state index in [0.29, 0.717) is 48.8 Å². The lowest BCUT2D eigenvalue weighted by Gasteiger charge is -2.26. The molecule has 1 aliphatic heterocycles. The largest absolute Gasteiger partial charge is 0.507 e. The van der Waals surface area contributed by atoms with E-state index in [9.17, 15) is 14.7 Å². The summed E-state index contributed by atoms with van der Waals surface area (Å²) in [6, 6.07) is 7.73. The van der Waals surface area contributed by atoms with E-state index in [2.05, 4.69) is 11.9 Å². The molecule has 1 amide bonds. The number of methoxy groups -OCH3 is 2. The van der Waals surface area contributed by atoms with Gasteiger partial charge in [0.2, 0.25) is 0 Å². The van der Waals surface area contributed by atoms with Crippen LogP contribution in [0, 0.1) is 0 Å². The summed E-state index contributed by atoms with van der Waals surface area (Å²) in [5.74, 6) is -0.546. The molecule has 0 spiro atoms. The first-order chi connectivity index (χ1) is 16.0. The Kier molecular flexibility index (Phi) is 8.43. The quantitative estimate of drug-likeness (QED) is 0.239. The van der Waals surface area contributed by atoms with Gasteiger partial charge in [-0.3, -0.25) is 14.6 Å². The van der Waals surface area contributed by atoms with Gasteiger partial charge in [-0.15, -0.1) is 0 Å². The van der Waals surface area contributed by atoms with E-state index in [-0.39, 0.29) is 11.3 Å². The van der Waals surface area contributed by atoms with E-state index in [1.807, 2.05) is 0 Å². The Morgan fingerprint density at radius 1 is 1.06 bits per heavy atom. The highest BCUT2D eigenvalue weighted by atomic mass is 16.5. The molecule has 176 valence electrons. The van der Waals surface area contributed by atoms with E-state index in [0.717, 1.165) is 12.8 Å². The second kappa shape index (κ2) is 11.5. The van der Waals surface area contributed by atoms with Crippen molar-refractivity contribution >= 4 is 17.4 Å². The van der Waals surface area contributed by atoms with Gasteiger partial charge in [0.15, 0.2) is 11.5 Å². The SMILES string of the molecule is CCCCOc1ccc(C2C(=C(O)c3ccncc3)C(=O)C(=O)N2CCCOC)cc1OC. The van der Waals surface area contributed by atoms with Crippen molar-refractivity contribution in [1.29, 1.82) is 0 Å². The van der Waals surface area contributed by atoms with Crippen LogP contribution in [0.25, 0.3) is 5.76 Å². The number of aliphatic hydroxyl groups is 1. The summed E-state index contributed by atoms with van der Waals surface area (Å²) in [5, 5.41) is 11.0. The van der Waals surface area contributed by atoms with Crippen LogP contribution >= 0.6 is 0 Å². The molecule has 3 rings (SSSR count). The number of aliphatic hydroxyl groups excluding tert-OH is 1. The summed E-state index contributed by atoms with van der Waals surface area (Å²) in [6.45, 7) is 3.38. The number of likely N-dealkylation sites (tertiary alicyclic amines) is 1. The topological polar surface area (TPSA) is 98.2 Å². The van der Waals surface area contributed by atoms with Gasteiger partial charge in [-0.2, -0.15) is 0 Å². The number of amides is 1. The maximum absolute atomic E-state index is 13.0. The maximum Gasteiger partial charge on any atom is 0.295 e. The Hall–Kier alpha value is -3.39. The number of aromatic nitrogens is 1. The smallest absolute Gasteiger partial charge is 0.295 e. The van der Waals surface area contributed by atoms with Gasteiger partial charge in [0.05, 0.1) is 25.3 Å². The molecule has 2 heterocycles. The van der Waals surface area contributed by atoms with Gasteiger partial charge in [-0.1, -0.05) is 19.4 Å². The van der Waals surface area contributed by atoms with Gasteiger partial charge >= 0.3 is 0 Å². The van der Waals surface area contributed by atoms with Crippen LogP contribution in [0.3, 0.4) is 0 Å². The molecular formula is C25H30N2O6. The Labute approximate surface area is 193 Å². The molecule has 1 saturated heterocycles.